The van der Waals surface area contributed by atoms with Crippen LogP contribution in [0.15, 0.2) is 211 Å². The van der Waals surface area contributed by atoms with E-state index in [9.17, 15) is 0 Å². The minimum atomic E-state index is -0.118. The van der Waals surface area contributed by atoms with E-state index in [1.165, 1.54) is 49.7 Å². The molecule has 0 unspecified atom stereocenters. The first-order valence-electron chi connectivity index (χ1n) is 20.8. The van der Waals surface area contributed by atoms with Crippen LogP contribution in [0.3, 0.4) is 0 Å². The van der Waals surface area contributed by atoms with Gasteiger partial charge in [-0.2, -0.15) is 0 Å². The largest absolute Gasteiger partial charge is 0.455 e. The zero-order chi connectivity index (χ0) is 40.0. The number of aromatic nitrogens is 1. The predicted molar refractivity (Wildman–Crippen MR) is 251 cm³/mol. The van der Waals surface area contributed by atoms with Crippen molar-refractivity contribution in [1.29, 1.82) is 0 Å². The Morgan fingerprint density at radius 3 is 1.97 bits per heavy atom. The van der Waals surface area contributed by atoms with Crippen LogP contribution in [0.2, 0.25) is 0 Å². The Morgan fingerprint density at radius 1 is 0.450 bits per heavy atom. The Labute approximate surface area is 349 Å². The second kappa shape index (κ2) is 13.2. The van der Waals surface area contributed by atoms with Gasteiger partial charge in [0.1, 0.15) is 11.2 Å². The Kier molecular flexibility index (Phi) is 7.58. The van der Waals surface area contributed by atoms with Gasteiger partial charge in [-0.1, -0.05) is 166 Å². The molecular formula is C57H40N2O. The Bertz CT molecular complexity index is 3480. The van der Waals surface area contributed by atoms with E-state index in [0.29, 0.717) is 0 Å². The van der Waals surface area contributed by atoms with Gasteiger partial charge in [-0.25, -0.2) is 0 Å². The first-order valence-corrected chi connectivity index (χ1v) is 20.8. The first-order chi connectivity index (χ1) is 29.6. The van der Waals surface area contributed by atoms with Gasteiger partial charge >= 0.3 is 0 Å². The molecule has 1 aliphatic rings. The van der Waals surface area contributed by atoms with E-state index in [4.69, 9.17) is 4.42 Å². The van der Waals surface area contributed by atoms with Crippen molar-refractivity contribution in [2.75, 3.05) is 4.90 Å². The van der Waals surface area contributed by atoms with E-state index in [2.05, 4.69) is 224 Å². The Morgan fingerprint density at radius 2 is 1.07 bits per heavy atom. The maximum atomic E-state index is 6.61. The van der Waals surface area contributed by atoms with Gasteiger partial charge in [-0.15, -0.1) is 0 Å². The summed E-state index contributed by atoms with van der Waals surface area (Å²) in [5, 5.41) is 4.65. The van der Waals surface area contributed by atoms with Crippen LogP contribution in [-0.2, 0) is 5.41 Å². The third kappa shape index (κ3) is 5.02. The molecule has 0 spiro atoms. The summed E-state index contributed by atoms with van der Waals surface area (Å²) in [6.07, 6.45) is 0. The molecule has 2 heterocycles. The maximum absolute atomic E-state index is 6.61. The monoisotopic (exact) mass is 768 g/mol. The third-order valence-corrected chi connectivity index (χ3v) is 12.8. The van der Waals surface area contributed by atoms with Crippen molar-refractivity contribution >= 4 is 60.8 Å². The van der Waals surface area contributed by atoms with Gasteiger partial charge in [0, 0.05) is 49.5 Å². The van der Waals surface area contributed by atoms with Crippen molar-refractivity contribution in [2.45, 2.75) is 19.3 Å². The summed E-state index contributed by atoms with van der Waals surface area (Å²) in [7, 11) is 0. The van der Waals surface area contributed by atoms with E-state index < -0.39 is 0 Å². The SMILES string of the molecule is CC1(C)c2ccccc2-c2c(-c3ccccc3N(c3cccc(-c4cccc5c4oc4ccccc45)c3)c3cccc4c3c3ccccc3n4-c3ccccc3)cccc21. The van der Waals surface area contributed by atoms with Crippen LogP contribution in [0.4, 0.5) is 17.1 Å². The summed E-state index contributed by atoms with van der Waals surface area (Å²) in [5.74, 6) is 0. The number of hydrogen-bond acceptors (Lipinski definition) is 2. The van der Waals surface area contributed by atoms with Gasteiger partial charge in [0.2, 0.25) is 0 Å². The molecule has 0 aliphatic heterocycles. The lowest BCUT2D eigenvalue weighted by Gasteiger charge is -2.30. The minimum absolute atomic E-state index is 0.118. The highest BCUT2D eigenvalue weighted by Gasteiger charge is 2.37. The predicted octanol–water partition coefficient (Wildman–Crippen LogP) is 15.8. The molecule has 12 rings (SSSR count). The average Bonchev–Trinajstić information content (AvgIpc) is 3.93. The molecule has 0 saturated carbocycles. The fraction of sp³-hybridized carbons (Fsp3) is 0.0526. The molecule has 1 aliphatic carbocycles. The normalized spacial score (nSPS) is 13.0. The minimum Gasteiger partial charge on any atom is -0.455 e. The van der Waals surface area contributed by atoms with Gasteiger partial charge in [-0.3, -0.25) is 0 Å². The summed E-state index contributed by atoms with van der Waals surface area (Å²) in [5.41, 5.74) is 18.3. The number of nitrogens with zero attached hydrogens (tertiary/aromatic N) is 2. The number of furan rings is 1. The quantitative estimate of drug-likeness (QED) is 0.168. The van der Waals surface area contributed by atoms with E-state index in [1.54, 1.807) is 0 Å². The molecule has 284 valence electrons. The lowest BCUT2D eigenvalue weighted by Crippen LogP contribution is -2.15. The lowest BCUT2D eigenvalue weighted by atomic mass is 9.82. The van der Waals surface area contributed by atoms with E-state index >= 15 is 0 Å². The van der Waals surface area contributed by atoms with Crippen molar-refractivity contribution < 1.29 is 4.42 Å². The zero-order valence-corrected chi connectivity index (χ0v) is 33.4. The lowest BCUT2D eigenvalue weighted by molar-refractivity contribution is 0.660. The number of anilines is 3. The van der Waals surface area contributed by atoms with Crippen molar-refractivity contribution in [3.63, 3.8) is 0 Å². The summed E-state index contributed by atoms with van der Waals surface area (Å²) >= 11 is 0. The molecule has 3 nitrogen and oxygen atoms in total. The fourth-order valence-corrected chi connectivity index (χ4v) is 10.1. The molecule has 0 amide bonds. The summed E-state index contributed by atoms with van der Waals surface area (Å²) in [4.78, 5) is 2.49. The molecule has 0 saturated heterocycles. The molecule has 0 fully saturated rings. The number of fused-ring (bicyclic) bond motifs is 9. The van der Waals surface area contributed by atoms with Crippen LogP contribution in [0, 0.1) is 0 Å². The fourth-order valence-electron chi connectivity index (χ4n) is 10.1. The topological polar surface area (TPSA) is 21.3 Å². The van der Waals surface area contributed by atoms with Crippen LogP contribution < -0.4 is 4.90 Å². The molecule has 60 heavy (non-hydrogen) atoms. The first kappa shape index (κ1) is 34.4. The van der Waals surface area contributed by atoms with Crippen LogP contribution in [0.25, 0.3) is 82.8 Å². The van der Waals surface area contributed by atoms with Crippen LogP contribution in [0.5, 0.6) is 0 Å². The number of para-hydroxylation sites is 5. The number of benzene rings is 9. The highest BCUT2D eigenvalue weighted by atomic mass is 16.3. The maximum Gasteiger partial charge on any atom is 0.143 e. The summed E-state index contributed by atoms with van der Waals surface area (Å²) in [6.45, 7) is 4.72. The Balaban J connectivity index is 1.15. The summed E-state index contributed by atoms with van der Waals surface area (Å²) in [6, 6.07) is 74.9. The second-order valence-electron chi connectivity index (χ2n) is 16.4. The van der Waals surface area contributed by atoms with Crippen molar-refractivity contribution in [3.05, 3.63) is 217 Å². The Hall–Kier alpha value is -7.62. The highest BCUT2D eigenvalue weighted by Crippen LogP contribution is 2.54. The van der Waals surface area contributed by atoms with Crippen molar-refractivity contribution in [1.82, 2.24) is 4.57 Å². The van der Waals surface area contributed by atoms with Gasteiger partial charge in [0.25, 0.3) is 0 Å². The van der Waals surface area contributed by atoms with Gasteiger partial charge < -0.3 is 13.9 Å². The molecule has 0 N–H and O–H groups in total. The van der Waals surface area contributed by atoms with Gasteiger partial charge in [0.15, 0.2) is 0 Å². The van der Waals surface area contributed by atoms with Crippen molar-refractivity contribution in [2.24, 2.45) is 0 Å². The molecule has 0 radical (unpaired) electrons. The molecule has 0 bridgehead atoms. The second-order valence-corrected chi connectivity index (χ2v) is 16.4. The molecule has 11 aromatic rings. The van der Waals surface area contributed by atoms with Gasteiger partial charge in [-0.05, 0) is 88.0 Å². The molecule has 0 atom stereocenters. The molecular weight excluding hydrogens is 729 g/mol. The molecule has 9 aromatic carbocycles. The molecule has 3 heteroatoms. The number of rotatable bonds is 6. The van der Waals surface area contributed by atoms with Crippen LogP contribution in [-0.4, -0.2) is 4.57 Å². The smallest absolute Gasteiger partial charge is 0.143 e. The number of hydrogen-bond donors (Lipinski definition) is 0. The van der Waals surface area contributed by atoms with E-state index in [1.807, 2.05) is 6.07 Å². The van der Waals surface area contributed by atoms with E-state index in [-0.39, 0.29) is 5.41 Å². The zero-order valence-electron chi connectivity index (χ0n) is 33.4. The summed E-state index contributed by atoms with van der Waals surface area (Å²) < 4.78 is 9.01. The highest BCUT2D eigenvalue weighted by molar-refractivity contribution is 6.17. The van der Waals surface area contributed by atoms with Crippen molar-refractivity contribution in [3.8, 4) is 39.1 Å². The third-order valence-electron chi connectivity index (χ3n) is 12.8. The van der Waals surface area contributed by atoms with Crippen LogP contribution >= 0.6 is 0 Å². The molecule has 2 aromatic heterocycles. The van der Waals surface area contributed by atoms with Crippen LogP contribution in [0.1, 0.15) is 25.0 Å². The standard InChI is InChI=1S/C57H40N2O/c1-57(2)47-29-10-6-24-45(47)54-43(27-16-30-48(54)57)41-22-7-11-31-49(41)59(39-21-14-18-37(36-39)40-26-15-28-44-42-23-9-13-35-53(42)60-56(40)44)52-34-17-33-51-55(52)46-25-8-12-32-50(46)58(51)38-19-4-3-5-20-38/h3-36H,1-2H3. The van der Waals surface area contributed by atoms with E-state index in [0.717, 1.165) is 61.3 Å². The average molecular weight is 769 g/mol. The van der Waals surface area contributed by atoms with Gasteiger partial charge in [0.05, 0.1) is 22.4 Å².